The van der Waals surface area contributed by atoms with Crippen LogP contribution in [0.4, 0.5) is 11.9 Å². The zero-order chi connectivity index (χ0) is 15.3. The standard InChI is InChI=1S/C15H27N5O/c1-5-15(6-2)8-10-20(11-9-15)13-17-12(16-4)18-14(19-13)21-7-3/h5-11H2,1-4H3,(H,16,17,18,19). The van der Waals surface area contributed by atoms with Gasteiger partial charge in [0.25, 0.3) is 0 Å². The molecule has 0 bridgehead atoms. The topological polar surface area (TPSA) is 63.2 Å². The van der Waals surface area contributed by atoms with Crippen molar-refractivity contribution in [2.45, 2.75) is 46.5 Å². The van der Waals surface area contributed by atoms with Gasteiger partial charge in [-0.3, -0.25) is 0 Å². The number of nitrogens with zero attached hydrogens (tertiary/aromatic N) is 4. The van der Waals surface area contributed by atoms with Gasteiger partial charge in [-0.25, -0.2) is 0 Å². The largest absolute Gasteiger partial charge is 0.464 e. The second kappa shape index (κ2) is 6.91. The molecular formula is C15H27N5O. The molecule has 6 nitrogen and oxygen atoms in total. The molecule has 1 N–H and O–H groups in total. The van der Waals surface area contributed by atoms with E-state index in [0.29, 0.717) is 24.0 Å². The number of aromatic nitrogens is 3. The quantitative estimate of drug-likeness (QED) is 0.870. The van der Waals surface area contributed by atoms with E-state index in [-0.39, 0.29) is 0 Å². The van der Waals surface area contributed by atoms with Crippen LogP contribution in [0.3, 0.4) is 0 Å². The van der Waals surface area contributed by atoms with E-state index in [1.54, 1.807) is 0 Å². The van der Waals surface area contributed by atoms with Crippen LogP contribution in [-0.2, 0) is 0 Å². The Balaban J connectivity index is 2.14. The molecule has 1 aliphatic rings. The highest BCUT2D eigenvalue weighted by atomic mass is 16.5. The zero-order valence-electron chi connectivity index (χ0n) is 13.6. The number of anilines is 2. The van der Waals surface area contributed by atoms with Crippen LogP contribution in [0.2, 0.25) is 0 Å². The lowest BCUT2D eigenvalue weighted by molar-refractivity contribution is 0.198. The van der Waals surface area contributed by atoms with Gasteiger partial charge < -0.3 is 15.0 Å². The molecule has 0 amide bonds. The lowest BCUT2D eigenvalue weighted by Gasteiger charge is -2.41. The van der Waals surface area contributed by atoms with E-state index in [4.69, 9.17) is 4.74 Å². The summed E-state index contributed by atoms with van der Waals surface area (Å²) in [6.45, 7) is 9.09. The molecule has 0 atom stereocenters. The van der Waals surface area contributed by atoms with Crippen molar-refractivity contribution in [3.05, 3.63) is 0 Å². The monoisotopic (exact) mass is 293 g/mol. The summed E-state index contributed by atoms with van der Waals surface area (Å²) in [5, 5.41) is 2.97. The SMILES string of the molecule is CCOc1nc(NC)nc(N2CCC(CC)(CC)CC2)n1. The highest BCUT2D eigenvalue weighted by molar-refractivity contribution is 5.38. The Morgan fingerprint density at radius 1 is 1.10 bits per heavy atom. The highest BCUT2D eigenvalue weighted by Gasteiger charge is 2.32. The van der Waals surface area contributed by atoms with Gasteiger partial charge in [0, 0.05) is 20.1 Å². The molecule has 0 spiro atoms. The molecule has 6 heteroatoms. The summed E-state index contributed by atoms with van der Waals surface area (Å²) in [7, 11) is 1.81. The zero-order valence-corrected chi connectivity index (χ0v) is 13.6. The van der Waals surface area contributed by atoms with Crippen molar-refractivity contribution < 1.29 is 4.74 Å². The van der Waals surface area contributed by atoms with E-state index in [9.17, 15) is 0 Å². The van der Waals surface area contributed by atoms with E-state index in [1.165, 1.54) is 25.7 Å². The van der Waals surface area contributed by atoms with Crippen molar-refractivity contribution in [3.63, 3.8) is 0 Å². The Bertz CT molecular complexity index is 451. The van der Waals surface area contributed by atoms with Crippen molar-refractivity contribution in [2.24, 2.45) is 5.41 Å². The Kier molecular flexibility index (Phi) is 5.20. The van der Waals surface area contributed by atoms with Crippen LogP contribution in [0.5, 0.6) is 6.01 Å². The fourth-order valence-corrected chi connectivity index (χ4v) is 2.93. The van der Waals surface area contributed by atoms with Gasteiger partial charge in [0.2, 0.25) is 11.9 Å². The molecule has 1 aromatic rings. The fraction of sp³-hybridized carbons (Fsp3) is 0.800. The van der Waals surface area contributed by atoms with Crippen LogP contribution in [-0.4, -0.2) is 41.7 Å². The molecule has 2 rings (SSSR count). The molecule has 1 fully saturated rings. The van der Waals surface area contributed by atoms with Gasteiger partial charge in [-0.2, -0.15) is 15.0 Å². The number of hydrogen-bond acceptors (Lipinski definition) is 6. The first-order valence-electron chi connectivity index (χ1n) is 7.98. The first kappa shape index (κ1) is 15.8. The maximum absolute atomic E-state index is 5.43. The summed E-state index contributed by atoms with van der Waals surface area (Å²) in [5.74, 6) is 1.28. The third kappa shape index (κ3) is 3.54. The van der Waals surface area contributed by atoms with Crippen LogP contribution < -0.4 is 15.0 Å². The lowest BCUT2D eigenvalue weighted by Crippen LogP contribution is -2.40. The number of piperidine rings is 1. The molecule has 1 saturated heterocycles. The summed E-state index contributed by atoms with van der Waals surface area (Å²) >= 11 is 0. The summed E-state index contributed by atoms with van der Waals surface area (Å²) in [5.41, 5.74) is 0.498. The van der Waals surface area contributed by atoms with Crippen molar-refractivity contribution in [3.8, 4) is 6.01 Å². The van der Waals surface area contributed by atoms with Crippen LogP contribution in [0.1, 0.15) is 46.5 Å². The van der Waals surface area contributed by atoms with E-state index >= 15 is 0 Å². The van der Waals surface area contributed by atoms with Crippen molar-refractivity contribution in [1.82, 2.24) is 15.0 Å². The minimum Gasteiger partial charge on any atom is -0.464 e. The van der Waals surface area contributed by atoms with Gasteiger partial charge in [0.05, 0.1) is 6.61 Å². The van der Waals surface area contributed by atoms with Crippen LogP contribution in [0.15, 0.2) is 0 Å². The van der Waals surface area contributed by atoms with Gasteiger partial charge in [-0.05, 0) is 25.2 Å². The number of hydrogen-bond donors (Lipinski definition) is 1. The van der Waals surface area contributed by atoms with Crippen LogP contribution >= 0.6 is 0 Å². The molecule has 0 aliphatic carbocycles. The fourth-order valence-electron chi connectivity index (χ4n) is 2.93. The van der Waals surface area contributed by atoms with E-state index < -0.39 is 0 Å². The molecule has 2 heterocycles. The Morgan fingerprint density at radius 2 is 1.76 bits per heavy atom. The summed E-state index contributed by atoms with van der Waals surface area (Å²) in [6, 6.07) is 0.398. The van der Waals surface area contributed by atoms with Gasteiger partial charge in [0.15, 0.2) is 0 Å². The minimum atomic E-state index is 0.398. The van der Waals surface area contributed by atoms with E-state index in [2.05, 4.69) is 39.0 Å². The molecule has 0 saturated carbocycles. The lowest BCUT2D eigenvalue weighted by atomic mass is 9.74. The molecule has 118 valence electrons. The summed E-state index contributed by atoms with van der Waals surface area (Å²) < 4.78 is 5.43. The smallest absolute Gasteiger partial charge is 0.323 e. The Labute approximate surface area is 127 Å². The average molecular weight is 293 g/mol. The normalized spacial score (nSPS) is 17.6. The minimum absolute atomic E-state index is 0.398. The molecule has 1 aromatic heterocycles. The number of rotatable bonds is 6. The molecule has 1 aliphatic heterocycles. The number of ether oxygens (including phenoxy) is 1. The van der Waals surface area contributed by atoms with Gasteiger partial charge >= 0.3 is 6.01 Å². The maximum atomic E-state index is 5.43. The van der Waals surface area contributed by atoms with Crippen molar-refractivity contribution in [2.75, 3.05) is 37.0 Å². The van der Waals surface area contributed by atoms with Gasteiger partial charge in [0.1, 0.15) is 0 Å². The highest BCUT2D eigenvalue weighted by Crippen LogP contribution is 2.38. The predicted octanol–water partition coefficient (Wildman–Crippen LogP) is 2.72. The maximum Gasteiger partial charge on any atom is 0.323 e. The Morgan fingerprint density at radius 3 is 2.29 bits per heavy atom. The summed E-state index contributed by atoms with van der Waals surface area (Å²) in [6.07, 6.45) is 4.90. The van der Waals surface area contributed by atoms with Crippen molar-refractivity contribution in [1.29, 1.82) is 0 Å². The first-order valence-corrected chi connectivity index (χ1v) is 7.98. The molecule has 21 heavy (non-hydrogen) atoms. The second-order valence-electron chi connectivity index (χ2n) is 5.62. The molecule has 0 radical (unpaired) electrons. The molecule has 0 aromatic carbocycles. The molecular weight excluding hydrogens is 266 g/mol. The first-order chi connectivity index (χ1) is 10.2. The van der Waals surface area contributed by atoms with E-state index in [1.807, 2.05) is 14.0 Å². The predicted molar refractivity (Wildman–Crippen MR) is 85.0 cm³/mol. The Hall–Kier alpha value is -1.59. The number of nitrogens with one attached hydrogen (secondary N) is 1. The summed E-state index contributed by atoms with van der Waals surface area (Å²) in [4.78, 5) is 15.4. The van der Waals surface area contributed by atoms with Gasteiger partial charge in [-0.15, -0.1) is 0 Å². The van der Waals surface area contributed by atoms with Crippen molar-refractivity contribution >= 4 is 11.9 Å². The van der Waals surface area contributed by atoms with Crippen LogP contribution in [0.25, 0.3) is 0 Å². The second-order valence-corrected chi connectivity index (χ2v) is 5.62. The molecule has 0 unspecified atom stereocenters. The third-order valence-corrected chi connectivity index (χ3v) is 4.71. The van der Waals surface area contributed by atoms with Crippen LogP contribution in [0, 0.1) is 5.41 Å². The van der Waals surface area contributed by atoms with E-state index in [0.717, 1.165) is 19.0 Å². The average Bonchev–Trinajstić information content (AvgIpc) is 2.55. The third-order valence-electron chi connectivity index (χ3n) is 4.71. The van der Waals surface area contributed by atoms with Gasteiger partial charge in [-0.1, -0.05) is 26.7 Å².